The van der Waals surface area contributed by atoms with Gasteiger partial charge < -0.3 is 15.0 Å². The number of carboxylic acids is 1. The Labute approximate surface area is 187 Å². The lowest BCUT2D eigenvalue weighted by atomic mass is 10.1. The number of imidazole rings is 1. The predicted octanol–water partition coefficient (Wildman–Crippen LogP) is 4.52. The predicted molar refractivity (Wildman–Crippen MR) is 124 cm³/mol. The smallest absolute Gasteiger partial charge is 0.323 e. The van der Waals surface area contributed by atoms with Crippen molar-refractivity contribution in [3.05, 3.63) is 60.2 Å². The van der Waals surface area contributed by atoms with Crippen molar-refractivity contribution in [1.82, 2.24) is 14.9 Å². The summed E-state index contributed by atoms with van der Waals surface area (Å²) in [4.78, 5) is 27.8. The topological polar surface area (TPSA) is 84.2 Å². The Hall–Kier alpha value is -2.80. The van der Waals surface area contributed by atoms with Gasteiger partial charge >= 0.3 is 5.97 Å². The molecule has 164 valence electrons. The van der Waals surface area contributed by atoms with E-state index in [1.165, 1.54) is 17.3 Å². The van der Waals surface area contributed by atoms with Crippen LogP contribution in [0.5, 0.6) is 0 Å². The summed E-state index contributed by atoms with van der Waals surface area (Å²) in [5, 5.41) is 12.9. The highest BCUT2D eigenvalue weighted by Gasteiger charge is 2.13. The maximum atomic E-state index is 12.0. The number of aryl methyl sites for hydroxylation is 1. The van der Waals surface area contributed by atoms with Crippen molar-refractivity contribution in [2.45, 2.75) is 50.2 Å². The van der Waals surface area contributed by atoms with Crippen LogP contribution in [0.4, 0.5) is 0 Å². The van der Waals surface area contributed by atoms with Crippen molar-refractivity contribution in [2.24, 2.45) is 0 Å². The van der Waals surface area contributed by atoms with Crippen LogP contribution < -0.4 is 5.32 Å². The van der Waals surface area contributed by atoms with Gasteiger partial charge in [-0.2, -0.15) is 0 Å². The fourth-order valence-electron chi connectivity index (χ4n) is 3.44. The maximum absolute atomic E-state index is 12.0. The molecule has 0 aliphatic rings. The molecule has 1 aromatic heterocycles. The number of benzene rings is 2. The van der Waals surface area contributed by atoms with Gasteiger partial charge in [-0.1, -0.05) is 60.6 Å². The number of aliphatic carboxylic acids is 1. The summed E-state index contributed by atoms with van der Waals surface area (Å²) >= 11 is 1.53. The lowest BCUT2D eigenvalue weighted by Crippen LogP contribution is -2.24. The second-order valence-electron chi connectivity index (χ2n) is 7.46. The molecule has 0 unspecified atom stereocenters. The highest BCUT2D eigenvalue weighted by molar-refractivity contribution is 7.99. The Balaban J connectivity index is 1.31. The molecule has 31 heavy (non-hydrogen) atoms. The molecular weight excluding hydrogens is 410 g/mol. The first-order valence-electron chi connectivity index (χ1n) is 10.7. The molecular formula is C24H29N3O3S. The zero-order valence-corrected chi connectivity index (χ0v) is 18.4. The second-order valence-corrected chi connectivity index (χ2v) is 8.52. The van der Waals surface area contributed by atoms with Crippen LogP contribution in [-0.2, 0) is 22.6 Å². The number of rotatable bonds is 13. The van der Waals surface area contributed by atoms with Crippen LogP contribution in [0.1, 0.15) is 37.7 Å². The van der Waals surface area contributed by atoms with E-state index in [0.717, 1.165) is 48.9 Å². The molecule has 1 heterocycles. The number of fused-ring (bicyclic) bond motifs is 1. The second kappa shape index (κ2) is 12.2. The van der Waals surface area contributed by atoms with Crippen LogP contribution >= 0.6 is 11.8 Å². The molecule has 0 aliphatic carbocycles. The Bertz CT molecular complexity index is 988. The van der Waals surface area contributed by atoms with Crippen molar-refractivity contribution >= 4 is 34.7 Å². The third kappa shape index (κ3) is 7.43. The average Bonchev–Trinajstić information content (AvgIpc) is 3.11. The molecule has 1 amide bonds. The van der Waals surface area contributed by atoms with E-state index in [1.54, 1.807) is 4.57 Å². The lowest BCUT2D eigenvalue weighted by molar-refractivity contribution is -0.137. The fourth-order valence-corrected chi connectivity index (χ4v) is 4.39. The Morgan fingerprint density at radius 2 is 1.74 bits per heavy atom. The van der Waals surface area contributed by atoms with E-state index in [1.807, 2.05) is 30.3 Å². The minimum Gasteiger partial charge on any atom is -0.480 e. The van der Waals surface area contributed by atoms with E-state index in [-0.39, 0.29) is 12.5 Å². The molecule has 0 spiro atoms. The number of nitrogens with one attached hydrogen (secondary N) is 1. The fraction of sp³-hybridized carbons (Fsp3) is 0.375. The molecule has 3 aromatic rings. The summed E-state index contributed by atoms with van der Waals surface area (Å²) in [6.45, 7) is 0.513. The van der Waals surface area contributed by atoms with E-state index >= 15 is 0 Å². The van der Waals surface area contributed by atoms with Crippen molar-refractivity contribution in [1.29, 1.82) is 0 Å². The number of aromatic nitrogens is 2. The molecule has 0 saturated heterocycles. The largest absolute Gasteiger partial charge is 0.480 e. The molecule has 0 atom stereocenters. The molecule has 0 bridgehead atoms. The quantitative estimate of drug-likeness (QED) is 0.302. The van der Waals surface area contributed by atoms with Gasteiger partial charge in [-0.3, -0.25) is 9.59 Å². The van der Waals surface area contributed by atoms with Gasteiger partial charge in [-0.05, 0) is 43.4 Å². The normalized spacial score (nSPS) is 11.0. The molecule has 2 N–H and O–H groups in total. The monoisotopic (exact) mass is 439 g/mol. The number of amides is 1. The van der Waals surface area contributed by atoms with E-state index in [0.29, 0.717) is 18.1 Å². The summed E-state index contributed by atoms with van der Waals surface area (Å²) in [7, 11) is 0. The van der Waals surface area contributed by atoms with Gasteiger partial charge in [0.2, 0.25) is 5.91 Å². The zero-order chi connectivity index (χ0) is 21.9. The first kappa shape index (κ1) is 22.9. The summed E-state index contributed by atoms with van der Waals surface area (Å²) in [6.07, 6.45) is 5.50. The van der Waals surface area contributed by atoms with E-state index in [2.05, 4.69) is 34.6 Å². The number of carboxylic acid groups (broad SMARTS) is 1. The summed E-state index contributed by atoms with van der Waals surface area (Å²) in [5.41, 5.74) is 2.97. The lowest BCUT2D eigenvalue weighted by Gasteiger charge is -2.07. The minimum absolute atomic E-state index is 0.0998. The molecule has 2 aromatic carbocycles. The number of nitrogens with zero attached hydrogens (tertiary/aromatic N) is 2. The van der Waals surface area contributed by atoms with Crippen molar-refractivity contribution < 1.29 is 14.7 Å². The van der Waals surface area contributed by atoms with Gasteiger partial charge in [0.15, 0.2) is 5.16 Å². The minimum atomic E-state index is -0.888. The van der Waals surface area contributed by atoms with Crippen molar-refractivity contribution in [2.75, 3.05) is 12.3 Å². The van der Waals surface area contributed by atoms with Crippen LogP contribution in [0.2, 0.25) is 0 Å². The van der Waals surface area contributed by atoms with Gasteiger partial charge in [0.1, 0.15) is 6.54 Å². The maximum Gasteiger partial charge on any atom is 0.323 e. The SMILES string of the molecule is O=C(O)Cn1c(SCCCNC(=O)CCCCCc2ccccc2)nc2ccccc21. The third-order valence-electron chi connectivity index (χ3n) is 5.00. The molecule has 0 fully saturated rings. The van der Waals surface area contributed by atoms with Crippen LogP contribution in [-0.4, -0.2) is 38.8 Å². The zero-order valence-electron chi connectivity index (χ0n) is 17.6. The summed E-state index contributed by atoms with van der Waals surface area (Å²) in [5.74, 6) is -0.0239. The van der Waals surface area contributed by atoms with Crippen molar-refractivity contribution in [3.8, 4) is 0 Å². The van der Waals surface area contributed by atoms with Crippen LogP contribution in [0.15, 0.2) is 59.8 Å². The number of hydrogen-bond acceptors (Lipinski definition) is 4. The first-order chi connectivity index (χ1) is 15.1. The molecule has 3 rings (SSSR count). The van der Waals surface area contributed by atoms with Gasteiger partial charge in [0, 0.05) is 18.7 Å². The molecule has 7 heteroatoms. The number of carbonyl (C=O) groups excluding carboxylic acids is 1. The number of unbranched alkanes of at least 4 members (excludes halogenated alkanes) is 2. The summed E-state index contributed by atoms with van der Waals surface area (Å²) in [6, 6.07) is 18.0. The van der Waals surface area contributed by atoms with Gasteiger partial charge in [0.05, 0.1) is 11.0 Å². The van der Waals surface area contributed by atoms with Gasteiger partial charge in [-0.25, -0.2) is 4.98 Å². The number of para-hydroxylation sites is 2. The molecule has 0 radical (unpaired) electrons. The van der Waals surface area contributed by atoms with E-state index in [9.17, 15) is 14.7 Å². The van der Waals surface area contributed by atoms with Crippen LogP contribution in [0.3, 0.4) is 0 Å². The standard InChI is InChI=1S/C24H29N3O3S/c28-22(15-6-2-5-12-19-10-3-1-4-11-19)25-16-9-17-31-24-26-20-13-7-8-14-21(20)27(24)18-23(29)30/h1,3-4,7-8,10-11,13-14H,2,5-6,9,12,15-18H2,(H,25,28)(H,29,30). The average molecular weight is 440 g/mol. The third-order valence-corrected chi connectivity index (χ3v) is 6.06. The van der Waals surface area contributed by atoms with Crippen LogP contribution in [0, 0.1) is 0 Å². The summed E-state index contributed by atoms with van der Waals surface area (Å²) < 4.78 is 1.73. The molecule has 6 nitrogen and oxygen atoms in total. The highest BCUT2D eigenvalue weighted by atomic mass is 32.2. The Morgan fingerprint density at radius 1 is 0.968 bits per heavy atom. The highest BCUT2D eigenvalue weighted by Crippen LogP contribution is 2.24. The van der Waals surface area contributed by atoms with Crippen LogP contribution in [0.25, 0.3) is 11.0 Å². The number of hydrogen-bond donors (Lipinski definition) is 2. The van der Waals surface area contributed by atoms with E-state index < -0.39 is 5.97 Å². The number of carbonyl (C=O) groups is 2. The Kier molecular flexibility index (Phi) is 8.97. The Morgan fingerprint density at radius 3 is 2.55 bits per heavy atom. The van der Waals surface area contributed by atoms with Gasteiger partial charge in [0.25, 0.3) is 0 Å². The number of thioether (sulfide) groups is 1. The molecule has 0 saturated carbocycles. The molecule has 0 aliphatic heterocycles. The van der Waals surface area contributed by atoms with E-state index in [4.69, 9.17) is 0 Å². The first-order valence-corrected chi connectivity index (χ1v) is 11.7. The van der Waals surface area contributed by atoms with Gasteiger partial charge in [-0.15, -0.1) is 0 Å². The van der Waals surface area contributed by atoms with Crippen molar-refractivity contribution in [3.63, 3.8) is 0 Å².